The van der Waals surface area contributed by atoms with Crippen LogP contribution in [0.5, 0.6) is 5.75 Å². The molecule has 1 atom stereocenters. The van der Waals surface area contributed by atoms with Crippen LogP contribution < -0.4 is 11.1 Å². The van der Waals surface area contributed by atoms with Gasteiger partial charge in [-0.3, -0.25) is 0 Å². The van der Waals surface area contributed by atoms with Crippen LogP contribution in [0, 0.1) is 11.7 Å². The van der Waals surface area contributed by atoms with Crippen molar-refractivity contribution < 1.29 is 9.50 Å². The number of nitrogens with zero attached hydrogens (tertiary/aromatic N) is 1. The van der Waals surface area contributed by atoms with Crippen molar-refractivity contribution in [3.05, 3.63) is 29.6 Å². The van der Waals surface area contributed by atoms with Gasteiger partial charge in [-0.25, -0.2) is 9.38 Å². The minimum Gasteiger partial charge on any atom is -0.505 e. The number of halogens is 2. The van der Waals surface area contributed by atoms with Crippen LogP contribution in [0.15, 0.2) is 23.2 Å². The van der Waals surface area contributed by atoms with Crippen LogP contribution >= 0.6 is 24.0 Å². The van der Waals surface area contributed by atoms with Crippen molar-refractivity contribution in [2.75, 3.05) is 0 Å². The fourth-order valence-corrected chi connectivity index (χ4v) is 2.03. The molecule has 0 fully saturated rings. The molecule has 0 aliphatic rings. The average molecular weight is 423 g/mol. The van der Waals surface area contributed by atoms with Gasteiger partial charge in [-0.2, -0.15) is 0 Å². The molecule has 0 saturated heterocycles. The second kappa shape index (κ2) is 10.6. The van der Waals surface area contributed by atoms with Crippen LogP contribution in [-0.4, -0.2) is 17.1 Å². The molecule has 22 heavy (non-hydrogen) atoms. The molecule has 0 radical (unpaired) electrons. The number of hydrogen-bond acceptors (Lipinski definition) is 2. The zero-order valence-corrected chi connectivity index (χ0v) is 15.8. The molecular weight excluding hydrogens is 396 g/mol. The normalized spacial score (nSPS) is 12.9. The van der Waals surface area contributed by atoms with Crippen molar-refractivity contribution in [2.45, 2.75) is 52.6 Å². The van der Waals surface area contributed by atoms with Gasteiger partial charge in [0.1, 0.15) is 0 Å². The van der Waals surface area contributed by atoms with E-state index in [1.807, 2.05) is 0 Å². The highest BCUT2D eigenvalue weighted by molar-refractivity contribution is 14.0. The number of phenolic OH excluding ortho intramolecular Hbond substituents is 1. The minimum atomic E-state index is -0.642. The predicted octanol–water partition coefficient (Wildman–Crippen LogP) is 3.77. The summed E-state index contributed by atoms with van der Waals surface area (Å²) in [6, 6.07) is 4.47. The van der Waals surface area contributed by atoms with Crippen molar-refractivity contribution >= 4 is 29.9 Å². The number of hydrogen-bond donors (Lipinski definition) is 3. The van der Waals surface area contributed by atoms with E-state index in [1.165, 1.54) is 18.6 Å². The van der Waals surface area contributed by atoms with Gasteiger partial charge in [-0.05, 0) is 37.0 Å². The Morgan fingerprint density at radius 2 is 2.00 bits per heavy atom. The number of rotatable bonds is 7. The largest absolute Gasteiger partial charge is 0.505 e. The Labute approximate surface area is 149 Å². The first-order valence-electron chi connectivity index (χ1n) is 7.42. The summed E-state index contributed by atoms with van der Waals surface area (Å²) in [6.07, 6.45) is 3.40. The molecule has 126 valence electrons. The fraction of sp³-hybridized carbons (Fsp3) is 0.562. The molecule has 0 heterocycles. The van der Waals surface area contributed by atoms with E-state index in [4.69, 9.17) is 10.8 Å². The Morgan fingerprint density at radius 3 is 2.59 bits per heavy atom. The van der Waals surface area contributed by atoms with Gasteiger partial charge in [0, 0.05) is 6.04 Å². The van der Waals surface area contributed by atoms with Gasteiger partial charge in [0.15, 0.2) is 17.5 Å². The van der Waals surface area contributed by atoms with Crippen molar-refractivity contribution in [3.63, 3.8) is 0 Å². The number of phenols is 1. The zero-order chi connectivity index (χ0) is 15.8. The minimum absolute atomic E-state index is 0. The Hall–Kier alpha value is -1.05. The van der Waals surface area contributed by atoms with E-state index >= 15 is 0 Å². The summed E-state index contributed by atoms with van der Waals surface area (Å²) >= 11 is 0. The van der Waals surface area contributed by atoms with Crippen LogP contribution in [0.25, 0.3) is 0 Å². The van der Waals surface area contributed by atoms with Crippen molar-refractivity contribution in [2.24, 2.45) is 16.6 Å². The summed E-state index contributed by atoms with van der Waals surface area (Å²) in [5, 5.41) is 12.2. The summed E-state index contributed by atoms with van der Waals surface area (Å²) in [4.78, 5) is 4.18. The van der Waals surface area contributed by atoms with Gasteiger partial charge >= 0.3 is 0 Å². The number of guanidine groups is 1. The molecule has 0 bridgehead atoms. The smallest absolute Gasteiger partial charge is 0.189 e. The first-order valence-corrected chi connectivity index (χ1v) is 7.42. The van der Waals surface area contributed by atoms with Crippen LogP contribution in [0.1, 0.15) is 45.6 Å². The highest BCUT2D eigenvalue weighted by atomic mass is 127. The third kappa shape index (κ3) is 8.41. The maximum absolute atomic E-state index is 13.2. The third-order valence-corrected chi connectivity index (χ3v) is 3.26. The number of nitrogens with two attached hydrogens (primary N) is 1. The first-order chi connectivity index (χ1) is 9.88. The van der Waals surface area contributed by atoms with Gasteiger partial charge in [0.25, 0.3) is 0 Å². The predicted molar refractivity (Wildman–Crippen MR) is 100 cm³/mol. The lowest BCUT2D eigenvalue weighted by Crippen LogP contribution is -2.38. The number of aromatic hydroxyl groups is 1. The summed E-state index contributed by atoms with van der Waals surface area (Å²) in [5.41, 5.74) is 6.49. The lowest BCUT2D eigenvalue weighted by atomic mass is 10.0. The van der Waals surface area contributed by atoms with E-state index in [0.29, 0.717) is 17.4 Å². The highest BCUT2D eigenvalue weighted by Crippen LogP contribution is 2.16. The van der Waals surface area contributed by atoms with Gasteiger partial charge in [-0.15, -0.1) is 24.0 Å². The molecule has 1 unspecified atom stereocenters. The number of benzene rings is 1. The molecule has 4 nitrogen and oxygen atoms in total. The van der Waals surface area contributed by atoms with E-state index in [0.717, 1.165) is 12.8 Å². The quantitative estimate of drug-likeness (QED) is 0.355. The van der Waals surface area contributed by atoms with Crippen LogP contribution in [0.3, 0.4) is 0 Å². The molecule has 1 rings (SSSR count). The zero-order valence-electron chi connectivity index (χ0n) is 13.5. The second-order valence-electron chi connectivity index (χ2n) is 5.86. The fourth-order valence-electron chi connectivity index (χ4n) is 2.03. The van der Waals surface area contributed by atoms with E-state index in [2.05, 4.69) is 31.1 Å². The Balaban J connectivity index is 0.00000441. The number of aliphatic imine (C=N–C) groups is 1. The summed E-state index contributed by atoms with van der Waals surface area (Å²) < 4.78 is 13.2. The molecule has 0 aliphatic carbocycles. The van der Waals surface area contributed by atoms with Crippen molar-refractivity contribution in [1.29, 1.82) is 0 Å². The first kappa shape index (κ1) is 20.9. The molecule has 6 heteroatoms. The van der Waals surface area contributed by atoms with E-state index in [9.17, 15) is 4.39 Å². The SMILES string of the molecule is CC(C)CCCC(C)NC(N)=NCc1ccc(O)c(F)c1.I. The van der Waals surface area contributed by atoms with Gasteiger partial charge < -0.3 is 16.2 Å². The topological polar surface area (TPSA) is 70.6 Å². The Bertz CT molecular complexity index is 480. The lowest BCUT2D eigenvalue weighted by Gasteiger charge is -2.15. The summed E-state index contributed by atoms with van der Waals surface area (Å²) in [6.45, 7) is 6.78. The van der Waals surface area contributed by atoms with E-state index in [-0.39, 0.29) is 42.3 Å². The standard InChI is InChI=1S/C16H26FN3O.HI/c1-11(2)5-4-6-12(3)20-16(18)19-10-13-7-8-15(21)14(17)9-13;/h7-9,11-12,21H,4-6,10H2,1-3H3,(H3,18,19,20);1H. The molecule has 0 aromatic heterocycles. The molecule has 0 saturated carbocycles. The Kier molecular flexibility index (Phi) is 10.1. The van der Waals surface area contributed by atoms with E-state index in [1.54, 1.807) is 6.07 Å². The molecule has 0 spiro atoms. The van der Waals surface area contributed by atoms with Crippen LogP contribution in [-0.2, 0) is 6.54 Å². The summed E-state index contributed by atoms with van der Waals surface area (Å²) in [5.74, 6) is 0.0806. The average Bonchev–Trinajstić information content (AvgIpc) is 2.39. The monoisotopic (exact) mass is 423 g/mol. The Morgan fingerprint density at radius 1 is 1.32 bits per heavy atom. The van der Waals surface area contributed by atoms with E-state index < -0.39 is 5.82 Å². The molecule has 1 aromatic rings. The van der Waals surface area contributed by atoms with Crippen molar-refractivity contribution in [3.8, 4) is 5.75 Å². The maximum Gasteiger partial charge on any atom is 0.189 e. The van der Waals surface area contributed by atoms with Crippen molar-refractivity contribution in [1.82, 2.24) is 5.32 Å². The molecule has 0 aliphatic heterocycles. The molecular formula is C16H27FIN3O. The maximum atomic E-state index is 13.2. The highest BCUT2D eigenvalue weighted by Gasteiger charge is 2.04. The van der Waals surface area contributed by atoms with Gasteiger partial charge in [0.2, 0.25) is 0 Å². The molecule has 0 amide bonds. The van der Waals surface area contributed by atoms with Crippen LogP contribution in [0.2, 0.25) is 0 Å². The second-order valence-corrected chi connectivity index (χ2v) is 5.86. The lowest BCUT2D eigenvalue weighted by molar-refractivity contribution is 0.432. The third-order valence-electron chi connectivity index (χ3n) is 3.26. The molecule has 1 aromatic carbocycles. The summed E-state index contributed by atoms with van der Waals surface area (Å²) in [7, 11) is 0. The molecule has 4 N–H and O–H groups in total. The number of nitrogens with one attached hydrogen (secondary N) is 1. The van der Waals surface area contributed by atoms with Gasteiger partial charge in [0.05, 0.1) is 6.54 Å². The van der Waals surface area contributed by atoms with Crippen LogP contribution in [0.4, 0.5) is 4.39 Å². The van der Waals surface area contributed by atoms with Gasteiger partial charge in [-0.1, -0.05) is 32.8 Å².